The lowest BCUT2D eigenvalue weighted by Crippen LogP contribution is -2.32. The van der Waals surface area contributed by atoms with Gasteiger partial charge in [0.1, 0.15) is 18.0 Å². The minimum Gasteiger partial charge on any atom is -0.493 e. The zero-order valence-corrected chi connectivity index (χ0v) is 17.0. The average molecular weight is 391 g/mol. The summed E-state index contributed by atoms with van der Waals surface area (Å²) >= 11 is 0. The fourth-order valence-electron chi connectivity index (χ4n) is 3.51. The predicted molar refractivity (Wildman–Crippen MR) is 113 cm³/mol. The van der Waals surface area contributed by atoms with Gasteiger partial charge in [0.05, 0.1) is 19.9 Å². The first kappa shape index (κ1) is 19.0. The minimum absolute atomic E-state index is 0.632. The van der Waals surface area contributed by atoms with Crippen LogP contribution >= 0.6 is 0 Å². The molecular formula is C22H25N5O2. The summed E-state index contributed by atoms with van der Waals surface area (Å²) in [5.74, 6) is 3.28. The van der Waals surface area contributed by atoms with Crippen molar-refractivity contribution in [2.75, 3.05) is 31.0 Å². The van der Waals surface area contributed by atoms with Crippen LogP contribution in [0.25, 0.3) is 0 Å². The number of nitrogens with one attached hydrogen (secondary N) is 1. The summed E-state index contributed by atoms with van der Waals surface area (Å²) in [4.78, 5) is 15.8. The Bertz CT molecular complexity index is 991. The summed E-state index contributed by atoms with van der Waals surface area (Å²) in [5, 5.41) is 3.46. The number of rotatable bonds is 6. The molecule has 0 atom stereocenters. The summed E-state index contributed by atoms with van der Waals surface area (Å²) in [6.07, 6.45) is 4.41. The number of ether oxygens (including phenoxy) is 2. The number of nitrogens with zero attached hydrogens (tertiary/aromatic N) is 4. The smallest absolute Gasteiger partial charge is 0.161 e. The van der Waals surface area contributed by atoms with Crippen molar-refractivity contribution in [2.24, 2.45) is 0 Å². The first-order valence-electron chi connectivity index (χ1n) is 9.63. The minimum atomic E-state index is 0.632. The summed E-state index contributed by atoms with van der Waals surface area (Å²) < 4.78 is 10.7. The van der Waals surface area contributed by atoms with E-state index in [-0.39, 0.29) is 0 Å². The van der Waals surface area contributed by atoms with E-state index in [0.717, 1.165) is 59.3 Å². The lowest BCUT2D eigenvalue weighted by molar-refractivity contribution is 0.354. The van der Waals surface area contributed by atoms with Crippen molar-refractivity contribution in [1.29, 1.82) is 0 Å². The fraction of sp³-hybridized carbons (Fsp3) is 0.318. The van der Waals surface area contributed by atoms with Crippen LogP contribution in [0.5, 0.6) is 11.5 Å². The average Bonchev–Trinajstić information content (AvgIpc) is 2.77. The summed E-state index contributed by atoms with van der Waals surface area (Å²) in [5.41, 5.74) is 4.47. The Morgan fingerprint density at radius 3 is 2.66 bits per heavy atom. The van der Waals surface area contributed by atoms with Crippen LogP contribution in [0.4, 0.5) is 11.6 Å². The number of fused-ring (bicyclic) bond motifs is 1. The third-order valence-electron chi connectivity index (χ3n) is 5.13. The molecule has 0 amide bonds. The van der Waals surface area contributed by atoms with Crippen LogP contribution in [0, 0.1) is 6.92 Å². The van der Waals surface area contributed by atoms with Gasteiger partial charge < -0.3 is 19.7 Å². The van der Waals surface area contributed by atoms with E-state index in [0.29, 0.717) is 12.3 Å². The molecule has 0 aliphatic carbocycles. The largest absolute Gasteiger partial charge is 0.493 e. The van der Waals surface area contributed by atoms with Crippen LogP contribution in [-0.2, 0) is 19.5 Å². The van der Waals surface area contributed by atoms with Crippen LogP contribution < -0.4 is 19.7 Å². The molecule has 1 aliphatic rings. The Hall–Kier alpha value is -3.35. The number of aromatic nitrogens is 3. The SMILES string of the molecule is COc1ccc(CNc2ncnc3c2CN(c2ccc(C)cn2)CC3)cc1OC. The van der Waals surface area contributed by atoms with Gasteiger partial charge in [-0.1, -0.05) is 12.1 Å². The molecule has 1 aromatic carbocycles. The molecule has 1 aliphatic heterocycles. The van der Waals surface area contributed by atoms with Crippen molar-refractivity contribution in [3.63, 3.8) is 0 Å². The Balaban J connectivity index is 1.52. The van der Waals surface area contributed by atoms with E-state index in [4.69, 9.17) is 9.47 Å². The lowest BCUT2D eigenvalue weighted by atomic mass is 10.1. The van der Waals surface area contributed by atoms with Crippen molar-refractivity contribution in [1.82, 2.24) is 15.0 Å². The molecule has 0 radical (unpaired) electrons. The molecule has 3 aromatic rings. The second kappa shape index (κ2) is 8.34. The van der Waals surface area contributed by atoms with E-state index in [1.807, 2.05) is 31.3 Å². The van der Waals surface area contributed by atoms with Crippen LogP contribution in [0.1, 0.15) is 22.4 Å². The standard InChI is InChI=1S/C22H25N5O2/c1-15-4-7-21(23-11-15)27-9-8-18-17(13-27)22(26-14-25-18)24-12-16-5-6-19(28-2)20(10-16)29-3/h4-7,10-11,14H,8-9,12-13H2,1-3H3,(H,24,25,26). The molecule has 2 aromatic heterocycles. The second-order valence-electron chi connectivity index (χ2n) is 7.06. The molecule has 150 valence electrons. The second-order valence-corrected chi connectivity index (χ2v) is 7.06. The number of hydrogen-bond acceptors (Lipinski definition) is 7. The van der Waals surface area contributed by atoms with Gasteiger partial charge in [-0.25, -0.2) is 15.0 Å². The van der Waals surface area contributed by atoms with E-state index in [1.165, 1.54) is 0 Å². The first-order valence-corrected chi connectivity index (χ1v) is 9.63. The highest BCUT2D eigenvalue weighted by Gasteiger charge is 2.22. The van der Waals surface area contributed by atoms with E-state index < -0.39 is 0 Å². The van der Waals surface area contributed by atoms with Gasteiger partial charge in [0.15, 0.2) is 11.5 Å². The number of aryl methyl sites for hydroxylation is 1. The summed E-state index contributed by atoms with van der Waals surface area (Å²) in [7, 11) is 3.28. The first-order chi connectivity index (χ1) is 14.2. The topological polar surface area (TPSA) is 72.4 Å². The normalized spacial score (nSPS) is 13.0. The Morgan fingerprint density at radius 1 is 1.03 bits per heavy atom. The third kappa shape index (κ3) is 4.08. The molecule has 1 N–H and O–H groups in total. The zero-order valence-electron chi connectivity index (χ0n) is 17.0. The Morgan fingerprint density at radius 2 is 1.90 bits per heavy atom. The molecule has 0 saturated heterocycles. The van der Waals surface area contributed by atoms with Gasteiger partial charge in [-0.05, 0) is 36.2 Å². The summed E-state index contributed by atoms with van der Waals surface area (Å²) in [6, 6.07) is 10.1. The van der Waals surface area contributed by atoms with Gasteiger partial charge in [0, 0.05) is 37.8 Å². The van der Waals surface area contributed by atoms with E-state index in [9.17, 15) is 0 Å². The monoisotopic (exact) mass is 391 g/mol. The number of hydrogen-bond donors (Lipinski definition) is 1. The molecule has 7 nitrogen and oxygen atoms in total. The Labute approximate surface area is 170 Å². The van der Waals surface area contributed by atoms with Crippen molar-refractivity contribution in [2.45, 2.75) is 26.4 Å². The molecule has 0 unspecified atom stereocenters. The van der Waals surface area contributed by atoms with E-state index >= 15 is 0 Å². The Kier molecular flexibility index (Phi) is 5.46. The van der Waals surface area contributed by atoms with E-state index in [2.05, 4.69) is 37.3 Å². The molecule has 0 fully saturated rings. The molecular weight excluding hydrogens is 366 g/mol. The zero-order chi connectivity index (χ0) is 20.2. The molecule has 0 saturated carbocycles. The van der Waals surface area contributed by atoms with Crippen molar-refractivity contribution in [3.8, 4) is 11.5 Å². The number of methoxy groups -OCH3 is 2. The van der Waals surface area contributed by atoms with Crippen molar-refractivity contribution < 1.29 is 9.47 Å². The van der Waals surface area contributed by atoms with Gasteiger partial charge in [0.2, 0.25) is 0 Å². The molecule has 0 bridgehead atoms. The maximum absolute atomic E-state index is 5.40. The number of benzene rings is 1. The van der Waals surface area contributed by atoms with Crippen LogP contribution in [0.15, 0.2) is 42.9 Å². The predicted octanol–water partition coefficient (Wildman–Crippen LogP) is 3.37. The maximum atomic E-state index is 5.40. The highest BCUT2D eigenvalue weighted by atomic mass is 16.5. The highest BCUT2D eigenvalue weighted by Crippen LogP contribution is 2.29. The van der Waals surface area contributed by atoms with E-state index in [1.54, 1.807) is 20.5 Å². The van der Waals surface area contributed by atoms with Gasteiger partial charge in [-0.2, -0.15) is 0 Å². The lowest BCUT2D eigenvalue weighted by Gasteiger charge is -2.30. The molecule has 29 heavy (non-hydrogen) atoms. The summed E-state index contributed by atoms with van der Waals surface area (Å²) in [6.45, 7) is 4.31. The molecule has 0 spiro atoms. The fourth-order valence-corrected chi connectivity index (χ4v) is 3.51. The van der Waals surface area contributed by atoms with Crippen molar-refractivity contribution in [3.05, 3.63) is 65.2 Å². The number of pyridine rings is 1. The van der Waals surface area contributed by atoms with Crippen LogP contribution in [-0.4, -0.2) is 35.7 Å². The van der Waals surface area contributed by atoms with Gasteiger partial charge in [-0.3, -0.25) is 0 Å². The van der Waals surface area contributed by atoms with Crippen LogP contribution in [0.3, 0.4) is 0 Å². The third-order valence-corrected chi connectivity index (χ3v) is 5.13. The quantitative estimate of drug-likeness (QED) is 0.691. The number of anilines is 2. The van der Waals surface area contributed by atoms with Gasteiger partial charge in [-0.15, -0.1) is 0 Å². The maximum Gasteiger partial charge on any atom is 0.161 e. The molecule has 4 rings (SSSR count). The van der Waals surface area contributed by atoms with Crippen molar-refractivity contribution >= 4 is 11.6 Å². The molecule has 3 heterocycles. The van der Waals surface area contributed by atoms with Crippen LogP contribution in [0.2, 0.25) is 0 Å². The van der Waals surface area contributed by atoms with Gasteiger partial charge >= 0.3 is 0 Å². The van der Waals surface area contributed by atoms with Gasteiger partial charge in [0.25, 0.3) is 0 Å². The molecule has 7 heteroatoms. The highest BCUT2D eigenvalue weighted by molar-refractivity contribution is 5.53.